The predicted molar refractivity (Wildman–Crippen MR) is 98.5 cm³/mol. The second-order valence-electron chi connectivity index (χ2n) is 6.56. The lowest BCUT2D eigenvalue weighted by atomic mass is 10.2. The third kappa shape index (κ3) is 7.69. The highest BCUT2D eigenvalue weighted by Crippen LogP contribution is 2.18. The molecule has 1 aromatic rings. The van der Waals surface area contributed by atoms with Crippen molar-refractivity contribution in [2.75, 3.05) is 31.6 Å². The first-order valence-electron chi connectivity index (χ1n) is 8.05. The van der Waals surface area contributed by atoms with Crippen molar-refractivity contribution in [3.8, 4) is 0 Å². The zero-order valence-corrected chi connectivity index (χ0v) is 16.8. The Labute approximate surface area is 163 Å². The Hall–Kier alpha value is -2.55. The van der Waals surface area contributed by atoms with E-state index >= 15 is 0 Å². The molecule has 2 amide bonds. The molecule has 0 N–H and O–H groups in total. The number of rotatable bonds is 6. The van der Waals surface area contributed by atoms with E-state index in [0.717, 1.165) is 9.80 Å². The Bertz CT molecular complexity index is 677. The Morgan fingerprint density at radius 2 is 1.81 bits per heavy atom. The standard InChI is InChI=1S/C17H24ClN3O6/c1-17(2,3)27-15(23)20(4)9-13(22)25-10-12-7-6-8-19-14(12)21(5)16(24)26-11-18/h6-8H,9-11H2,1-5H3. The molecule has 0 fully saturated rings. The molecule has 1 aromatic heterocycles. The van der Waals surface area contributed by atoms with Gasteiger partial charge in [-0.1, -0.05) is 17.7 Å². The molecule has 27 heavy (non-hydrogen) atoms. The highest BCUT2D eigenvalue weighted by Gasteiger charge is 2.22. The molecular weight excluding hydrogens is 378 g/mol. The van der Waals surface area contributed by atoms with E-state index in [1.165, 1.54) is 20.3 Å². The zero-order chi connectivity index (χ0) is 20.6. The van der Waals surface area contributed by atoms with Crippen molar-refractivity contribution >= 4 is 35.6 Å². The molecule has 0 spiro atoms. The first kappa shape index (κ1) is 22.5. The van der Waals surface area contributed by atoms with Crippen LogP contribution in [0.2, 0.25) is 0 Å². The Morgan fingerprint density at radius 1 is 1.15 bits per heavy atom. The number of pyridine rings is 1. The fourth-order valence-electron chi connectivity index (χ4n) is 1.88. The minimum Gasteiger partial charge on any atom is -0.459 e. The average Bonchev–Trinajstić information content (AvgIpc) is 2.58. The number of likely N-dealkylation sites (N-methyl/N-ethyl adjacent to an activating group) is 1. The molecule has 150 valence electrons. The van der Waals surface area contributed by atoms with Crippen molar-refractivity contribution in [3.63, 3.8) is 0 Å². The minimum atomic E-state index is -0.694. The van der Waals surface area contributed by atoms with Gasteiger partial charge in [-0.05, 0) is 26.8 Å². The molecule has 0 saturated heterocycles. The molecule has 9 nitrogen and oxygen atoms in total. The number of hydrogen-bond acceptors (Lipinski definition) is 7. The fraction of sp³-hybridized carbons (Fsp3) is 0.529. The molecule has 0 aromatic carbocycles. The van der Waals surface area contributed by atoms with Crippen LogP contribution in [0, 0.1) is 0 Å². The number of ether oxygens (including phenoxy) is 3. The lowest BCUT2D eigenvalue weighted by Gasteiger charge is -2.24. The van der Waals surface area contributed by atoms with Gasteiger partial charge >= 0.3 is 18.2 Å². The monoisotopic (exact) mass is 401 g/mol. The van der Waals surface area contributed by atoms with Crippen LogP contribution in [-0.2, 0) is 25.6 Å². The van der Waals surface area contributed by atoms with E-state index in [2.05, 4.69) is 4.98 Å². The van der Waals surface area contributed by atoms with Gasteiger partial charge in [0.1, 0.15) is 24.6 Å². The maximum Gasteiger partial charge on any atom is 0.416 e. The molecule has 0 radical (unpaired) electrons. The van der Waals surface area contributed by atoms with Gasteiger partial charge in [0.05, 0.1) is 0 Å². The molecule has 0 aliphatic carbocycles. The highest BCUT2D eigenvalue weighted by molar-refractivity contribution is 6.17. The van der Waals surface area contributed by atoms with Crippen LogP contribution in [0.25, 0.3) is 0 Å². The molecule has 0 atom stereocenters. The minimum absolute atomic E-state index is 0.136. The SMILES string of the molecule is CN(CC(=O)OCc1cccnc1N(C)C(=O)OCCl)C(=O)OC(C)(C)C. The topological polar surface area (TPSA) is 98.3 Å². The van der Waals surface area contributed by atoms with Crippen LogP contribution in [0.15, 0.2) is 18.3 Å². The Balaban J connectivity index is 2.67. The summed E-state index contributed by atoms with van der Waals surface area (Å²) in [6.07, 6.45) is 0.160. The maximum atomic E-state index is 12.0. The van der Waals surface area contributed by atoms with E-state index in [0.29, 0.717) is 5.56 Å². The van der Waals surface area contributed by atoms with Gasteiger partial charge in [0.2, 0.25) is 0 Å². The van der Waals surface area contributed by atoms with E-state index in [1.54, 1.807) is 32.9 Å². The fourth-order valence-corrected chi connectivity index (χ4v) is 1.97. The first-order chi connectivity index (χ1) is 12.5. The smallest absolute Gasteiger partial charge is 0.416 e. The molecule has 0 aliphatic heterocycles. The zero-order valence-electron chi connectivity index (χ0n) is 16.0. The van der Waals surface area contributed by atoms with Crippen LogP contribution in [-0.4, -0.2) is 60.3 Å². The Morgan fingerprint density at radius 3 is 2.41 bits per heavy atom. The van der Waals surface area contributed by atoms with E-state index in [-0.39, 0.29) is 25.0 Å². The summed E-state index contributed by atoms with van der Waals surface area (Å²) in [4.78, 5) is 42.0. The number of nitrogens with zero attached hydrogens (tertiary/aromatic N) is 3. The summed E-state index contributed by atoms with van der Waals surface area (Å²) in [5, 5.41) is 0. The summed E-state index contributed by atoms with van der Waals surface area (Å²) < 4.78 is 15.0. The molecule has 0 unspecified atom stereocenters. The van der Waals surface area contributed by atoms with Crippen LogP contribution in [0.3, 0.4) is 0 Å². The number of amides is 2. The normalized spacial score (nSPS) is 10.7. The van der Waals surface area contributed by atoms with E-state index in [4.69, 9.17) is 25.8 Å². The van der Waals surface area contributed by atoms with Gasteiger partial charge in [0, 0.05) is 25.9 Å². The molecule has 0 saturated carbocycles. The van der Waals surface area contributed by atoms with Gasteiger partial charge in [0.15, 0.2) is 6.07 Å². The van der Waals surface area contributed by atoms with Crippen LogP contribution >= 0.6 is 11.6 Å². The van der Waals surface area contributed by atoms with Gasteiger partial charge in [-0.25, -0.2) is 14.6 Å². The number of carbonyl (C=O) groups is 3. The van der Waals surface area contributed by atoms with Gasteiger partial charge in [0.25, 0.3) is 0 Å². The molecule has 0 bridgehead atoms. The summed E-state index contributed by atoms with van der Waals surface area (Å²) in [5.74, 6) is -0.370. The third-order valence-electron chi connectivity index (χ3n) is 3.10. The van der Waals surface area contributed by atoms with Gasteiger partial charge < -0.3 is 19.1 Å². The highest BCUT2D eigenvalue weighted by atomic mass is 35.5. The maximum absolute atomic E-state index is 12.0. The van der Waals surface area contributed by atoms with Gasteiger partial charge in [-0.2, -0.15) is 0 Å². The van der Waals surface area contributed by atoms with E-state index in [1.807, 2.05) is 0 Å². The first-order valence-corrected chi connectivity index (χ1v) is 8.58. The number of hydrogen-bond donors (Lipinski definition) is 0. The van der Waals surface area contributed by atoms with E-state index in [9.17, 15) is 14.4 Å². The average molecular weight is 402 g/mol. The van der Waals surface area contributed by atoms with Crippen LogP contribution in [0.4, 0.5) is 15.4 Å². The molecular formula is C17H24ClN3O6. The third-order valence-corrected chi connectivity index (χ3v) is 3.21. The van der Waals surface area contributed by atoms with Crippen LogP contribution in [0.5, 0.6) is 0 Å². The van der Waals surface area contributed by atoms with Crippen molar-refractivity contribution in [1.82, 2.24) is 9.88 Å². The number of halogens is 1. The molecule has 1 rings (SSSR count). The Kier molecular flexibility index (Phi) is 8.30. The van der Waals surface area contributed by atoms with Crippen LogP contribution in [0.1, 0.15) is 26.3 Å². The lowest BCUT2D eigenvalue weighted by molar-refractivity contribution is -0.145. The second-order valence-corrected chi connectivity index (χ2v) is 6.78. The summed E-state index contributed by atoms with van der Waals surface area (Å²) in [5.41, 5.74) is -0.179. The van der Waals surface area contributed by atoms with Crippen LogP contribution < -0.4 is 4.90 Å². The van der Waals surface area contributed by atoms with Gasteiger partial charge in [-0.3, -0.25) is 9.69 Å². The number of esters is 1. The number of carbonyl (C=O) groups excluding carboxylic acids is 3. The van der Waals surface area contributed by atoms with E-state index < -0.39 is 23.8 Å². The molecule has 10 heteroatoms. The molecule has 1 heterocycles. The van der Waals surface area contributed by atoms with Crippen molar-refractivity contribution in [3.05, 3.63) is 23.9 Å². The number of alkyl halides is 1. The quantitative estimate of drug-likeness (QED) is 0.410. The summed E-state index contributed by atoms with van der Waals surface area (Å²) >= 11 is 5.38. The summed E-state index contributed by atoms with van der Waals surface area (Å²) in [6, 6.07) is 3.00. The van der Waals surface area contributed by atoms with Crippen molar-refractivity contribution < 1.29 is 28.6 Å². The van der Waals surface area contributed by atoms with Gasteiger partial charge in [-0.15, -0.1) is 0 Å². The summed E-state index contributed by atoms with van der Waals surface area (Å²) in [7, 11) is 2.89. The second kappa shape index (κ2) is 9.96. The predicted octanol–water partition coefficient (Wildman–Crippen LogP) is 2.76. The number of anilines is 1. The molecule has 0 aliphatic rings. The van der Waals surface area contributed by atoms with Crippen molar-refractivity contribution in [1.29, 1.82) is 0 Å². The lowest BCUT2D eigenvalue weighted by Crippen LogP contribution is -2.37. The van der Waals surface area contributed by atoms with Crippen molar-refractivity contribution in [2.45, 2.75) is 33.0 Å². The largest absolute Gasteiger partial charge is 0.459 e. The van der Waals surface area contributed by atoms with Crippen molar-refractivity contribution in [2.24, 2.45) is 0 Å². The summed E-state index contributed by atoms with van der Waals surface area (Å²) in [6.45, 7) is 4.77. The number of aromatic nitrogens is 1.